The molecule has 0 saturated heterocycles. The van der Waals surface area contributed by atoms with Crippen molar-refractivity contribution in [2.75, 3.05) is 33.0 Å². The highest BCUT2D eigenvalue weighted by Gasteiger charge is 2.25. The summed E-state index contributed by atoms with van der Waals surface area (Å²) in [6.07, 6.45) is 4.29. The minimum absolute atomic E-state index is 0.283. The number of aromatic nitrogens is 1. The number of carbonyl (C=O) groups is 1. The molecule has 2 N–H and O–H groups in total. The van der Waals surface area contributed by atoms with Gasteiger partial charge in [-0.3, -0.25) is 4.99 Å². The summed E-state index contributed by atoms with van der Waals surface area (Å²) < 4.78 is 12.3. The normalized spacial score (nSPS) is 14.5. The minimum atomic E-state index is -0.504. The number of fused-ring (bicyclic) bond motifs is 1. The van der Waals surface area contributed by atoms with Gasteiger partial charge in [0.25, 0.3) is 0 Å². The number of methoxy groups -OCH3 is 1. The zero-order chi connectivity index (χ0) is 25.3. The van der Waals surface area contributed by atoms with E-state index in [-0.39, 0.29) is 6.09 Å². The van der Waals surface area contributed by atoms with Crippen LogP contribution >= 0.6 is 11.3 Å². The maximum atomic E-state index is 12.4. The first-order chi connectivity index (χ1) is 16.6. The number of rotatable bonds is 4. The third-order valence-corrected chi connectivity index (χ3v) is 6.91. The van der Waals surface area contributed by atoms with Gasteiger partial charge in [0.1, 0.15) is 21.9 Å². The molecule has 1 aromatic heterocycles. The van der Waals surface area contributed by atoms with Crippen LogP contribution in [0.25, 0.3) is 26.9 Å². The first-order valence-electron chi connectivity index (χ1n) is 11.6. The van der Waals surface area contributed by atoms with Crippen LogP contribution in [0, 0.1) is 6.92 Å². The molecule has 7 nitrogen and oxygen atoms in total. The maximum Gasteiger partial charge on any atom is 0.410 e. The number of anilines is 1. The van der Waals surface area contributed by atoms with Crippen molar-refractivity contribution < 1.29 is 14.3 Å². The van der Waals surface area contributed by atoms with Crippen LogP contribution in [0.2, 0.25) is 0 Å². The van der Waals surface area contributed by atoms with Crippen molar-refractivity contribution in [2.24, 2.45) is 4.99 Å². The number of ether oxygens (including phenoxy) is 2. The van der Waals surface area contributed by atoms with Crippen LogP contribution in [0.1, 0.15) is 43.3 Å². The Bertz CT molecular complexity index is 1330. The number of nitrogens with zero attached hydrogens (tertiary/aromatic N) is 3. The first kappa shape index (κ1) is 24.7. The van der Waals surface area contributed by atoms with Gasteiger partial charge < -0.3 is 20.1 Å². The smallest absolute Gasteiger partial charge is 0.410 e. The third kappa shape index (κ3) is 5.32. The van der Waals surface area contributed by atoms with Crippen LogP contribution in [-0.2, 0) is 4.74 Å². The van der Waals surface area contributed by atoms with Crippen LogP contribution in [0.15, 0.2) is 35.3 Å². The van der Waals surface area contributed by atoms with Crippen molar-refractivity contribution in [3.05, 3.63) is 46.5 Å². The highest BCUT2D eigenvalue weighted by atomic mass is 32.1. The summed E-state index contributed by atoms with van der Waals surface area (Å²) in [7, 11) is 3.40. The summed E-state index contributed by atoms with van der Waals surface area (Å²) >= 11 is 1.64. The zero-order valence-electron chi connectivity index (χ0n) is 21.1. The number of thiazole rings is 1. The second-order valence-corrected chi connectivity index (χ2v) is 10.7. The fourth-order valence-corrected chi connectivity index (χ4v) is 5.14. The van der Waals surface area contributed by atoms with Crippen molar-refractivity contribution in [2.45, 2.75) is 39.7 Å². The second-order valence-electron chi connectivity index (χ2n) is 9.63. The molecule has 0 aliphatic carbocycles. The van der Waals surface area contributed by atoms with E-state index >= 15 is 0 Å². The Kier molecular flexibility index (Phi) is 6.85. The van der Waals surface area contributed by atoms with Crippen molar-refractivity contribution in [3.63, 3.8) is 0 Å². The van der Waals surface area contributed by atoms with E-state index in [4.69, 9.17) is 20.2 Å². The molecule has 1 aliphatic rings. The average molecular weight is 493 g/mol. The van der Waals surface area contributed by atoms with Crippen LogP contribution < -0.4 is 10.5 Å². The fraction of sp³-hybridized carbons (Fsp3) is 0.370. The van der Waals surface area contributed by atoms with E-state index in [9.17, 15) is 4.79 Å². The molecule has 2 heterocycles. The van der Waals surface area contributed by atoms with E-state index in [1.165, 1.54) is 0 Å². The lowest BCUT2D eigenvalue weighted by Gasteiger charge is -2.29. The van der Waals surface area contributed by atoms with E-state index in [2.05, 4.69) is 23.2 Å². The van der Waals surface area contributed by atoms with Crippen molar-refractivity contribution in [3.8, 4) is 16.9 Å². The second kappa shape index (κ2) is 9.70. The summed E-state index contributed by atoms with van der Waals surface area (Å²) in [5.74, 6) is 0.729. The molecule has 1 amide bonds. The lowest BCUT2D eigenvalue weighted by atomic mass is 9.98. The molecule has 1 aliphatic heterocycles. The van der Waals surface area contributed by atoms with Gasteiger partial charge in [-0.2, -0.15) is 0 Å². The Morgan fingerprint density at radius 1 is 1.23 bits per heavy atom. The van der Waals surface area contributed by atoms with E-state index in [0.29, 0.717) is 13.1 Å². The van der Waals surface area contributed by atoms with E-state index < -0.39 is 5.60 Å². The molecule has 8 heteroatoms. The summed E-state index contributed by atoms with van der Waals surface area (Å²) in [5, 5.41) is 0.951. The Hall–Kier alpha value is -3.39. The topological polar surface area (TPSA) is 90.0 Å². The highest BCUT2D eigenvalue weighted by molar-refractivity contribution is 7.19. The van der Waals surface area contributed by atoms with E-state index in [0.717, 1.165) is 60.9 Å². The molecule has 35 heavy (non-hydrogen) atoms. The summed E-state index contributed by atoms with van der Waals surface area (Å²) in [5.41, 5.74) is 12.4. The zero-order valence-corrected chi connectivity index (χ0v) is 22.0. The van der Waals surface area contributed by atoms with Crippen LogP contribution in [0.4, 0.5) is 10.5 Å². The van der Waals surface area contributed by atoms with Crippen molar-refractivity contribution in [1.29, 1.82) is 0 Å². The number of aliphatic imine (C=N–C) groups is 1. The van der Waals surface area contributed by atoms with Crippen LogP contribution in [0.3, 0.4) is 0 Å². The summed E-state index contributed by atoms with van der Waals surface area (Å²) in [4.78, 5) is 23.2. The largest absolute Gasteiger partial charge is 0.494 e. The molecule has 2 aromatic carbocycles. The quantitative estimate of drug-likeness (QED) is 0.360. The monoisotopic (exact) mass is 492 g/mol. The maximum absolute atomic E-state index is 12.4. The van der Waals surface area contributed by atoms with Gasteiger partial charge in [0.05, 0.1) is 11.8 Å². The number of benzene rings is 2. The molecule has 0 fully saturated rings. The Balaban J connectivity index is 1.66. The molecule has 184 valence electrons. The SMILES string of the molecule is CN=Cc1cc(-c2cc(OC)c3nc(C4=CCN(C(=O)OC(C)(C)C)CC4)sc3c2)cc(C)c1N. The molecule has 0 spiro atoms. The van der Waals surface area contributed by atoms with Gasteiger partial charge in [-0.25, -0.2) is 9.78 Å². The number of carbonyl (C=O) groups excluding carboxylic acids is 1. The molecule has 0 radical (unpaired) electrons. The number of nitrogens with two attached hydrogens (primary N) is 1. The molecule has 0 atom stereocenters. The molecular weight excluding hydrogens is 460 g/mol. The van der Waals surface area contributed by atoms with Crippen LogP contribution in [-0.4, -0.2) is 55.0 Å². The minimum Gasteiger partial charge on any atom is -0.494 e. The number of hydrogen-bond donors (Lipinski definition) is 1. The van der Waals surface area contributed by atoms with Crippen molar-refractivity contribution in [1.82, 2.24) is 9.88 Å². The van der Waals surface area contributed by atoms with Gasteiger partial charge in [0.2, 0.25) is 0 Å². The van der Waals surface area contributed by atoms with Crippen molar-refractivity contribution >= 4 is 45.1 Å². The summed E-state index contributed by atoms with van der Waals surface area (Å²) in [6.45, 7) is 8.75. The molecule has 0 bridgehead atoms. The Morgan fingerprint density at radius 3 is 2.60 bits per heavy atom. The van der Waals surface area contributed by atoms with Gasteiger partial charge in [0, 0.05) is 37.6 Å². The number of hydrogen-bond acceptors (Lipinski definition) is 7. The molecular formula is C27H32N4O3S. The Morgan fingerprint density at radius 2 is 1.97 bits per heavy atom. The van der Waals surface area contributed by atoms with Crippen LogP contribution in [0.5, 0.6) is 5.75 Å². The lowest BCUT2D eigenvalue weighted by Crippen LogP contribution is -2.39. The van der Waals surface area contributed by atoms with Gasteiger partial charge >= 0.3 is 6.09 Å². The van der Waals surface area contributed by atoms with Gasteiger partial charge in [-0.15, -0.1) is 11.3 Å². The van der Waals surface area contributed by atoms with Gasteiger partial charge in [-0.1, -0.05) is 6.08 Å². The van der Waals surface area contributed by atoms with Gasteiger partial charge in [0.15, 0.2) is 0 Å². The predicted octanol–water partition coefficient (Wildman–Crippen LogP) is 5.94. The third-order valence-electron chi connectivity index (χ3n) is 5.84. The number of amides is 1. The number of aryl methyl sites for hydroxylation is 1. The first-order valence-corrected chi connectivity index (χ1v) is 12.4. The standard InChI is InChI=1S/C27H32N4O3S/c1-16-11-18(12-20(15-29-5)23(16)28)19-13-21(33-6)24-22(14-19)35-25(30-24)17-7-9-31(10-8-17)26(32)34-27(2,3)4/h7,11-15H,8-10,28H2,1-6H3. The van der Waals surface area contributed by atoms with E-state index in [1.807, 2.05) is 39.8 Å². The number of nitrogen functional groups attached to an aromatic ring is 1. The molecule has 0 saturated carbocycles. The fourth-order valence-electron chi connectivity index (χ4n) is 4.05. The summed E-state index contributed by atoms with van der Waals surface area (Å²) in [6, 6.07) is 8.29. The lowest BCUT2D eigenvalue weighted by molar-refractivity contribution is 0.0270. The molecule has 0 unspecified atom stereocenters. The predicted molar refractivity (Wildman–Crippen MR) is 145 cm³/mol. The molecule has 4 rings (SSSR count). The van der Waals surface area contributed by atoms with Gasteiger partial charge in [-0.05, 0) is 80.6 Å². The highest BCUT2D eigenvalue weighted by Crippen LogP contribution is 2.39. The van der Waals surface area contributed by atoms with E-state index in [1.54, 1.807) is 36.6 Å². The Labute approximate surface area is 210 Å². The average Bonchev–Trinajstić information content (AvgIpc) is 3.24. The molecule has 3 aromatic rings.